The fourth-order valence-electron chi connectivity index (χ4n) is 1.57. The summed E-state index contributed by atoms with van der Waals surface area (Å²) in [5, 5.41) is 17.6. The summed E-state index contributed by atoms with van der Waals surface area (Å²) in [6.07, 6.45) is 6.89. The first-order valence-electron chi connectivity index (χ1n) is 5.41. The Labute approximate surface area is 99.8 Å². The van der Waals surface area contributed by atoms with Crippen LogP contribution in [0.25, 0.3) is 0 Å². The Morgan fingerprint density at radius 3 is 2.47 bits per heavy atom. The normalized spacial score (nSPS) is 13.9. The van der Waals surface area contributed by atoms with Gasteiger partial charge in [-0.25, -0.2) is 4.79 Å². The Hall–Kier alpha value is -1.74. The van der Waals surface area contributed by atoms with Crippen LogP contribution >= 0.6 is 0 Å². The largest absolute Gasteiger partial charge is 0.480 e. The Kier molecular flexibility index (Phi) is 4.79. The molecule has 0 unspecified atom stereocenters. The van der Waals surface area contributed by atoms with E-state index < -0.39 is 18.5 Å². The van der Waals surface area contributed by atoms with Crippen molar-refractivity contribution in [2.24, 2.45) is 0 Å². The van der Waals surface area contributed by atoms with E-state index in [9.17, 15) is 9.59 Å². The first-order chi connectivity index (χ1) is 8.10. The van der Waals surface area contributed by atoms with E-state index in [1.54, 1.807) is 0 Å². The average molecular weight is 240 g/mol. The van der Waals surface area contributed by atoms with E-state index >= 15 is 0 Å². The van der Waals surface area contributed by atoms with Gasteiger partial charge in [-0.05, 0) is 12.8 Å². The lowest BCUT2D eigenvalue weighted by atomic mass is 10.4. The summed E-state index contributed by atoms with van der Waals surface area (Å²) in [4.78, 5) is 25.2. The first-order valence-corrected chi connectivity index (χ1v) is 5.41. The van der Waals surface area contributed by atoms with Gasteiger partial charge in [0.2, 0.25) is 0 Å². The molecule has 0 aromatic rings. The number of terminal acetylenes is 1. The lowest BCUT2D eigenvalue weighted by Crippen LogP contribution is -2.47. The molecule has 0 atom stereocenters. The molecule has 2 N–H and O–H groups in total. The van der Waals surface area contributed by atoms with Gasteiger partial charge in [0, 0.05) is 12.6 Å². The molecule has 0 bridgehead atoms. The molecule has 2 amide bonds. The maximum Gasteiger partial charge on any atom is 0.323 e. The SMILES string of the molecule is C#CCN(CC(=O)O)C(=O)N(CCO)C1CC1. The summed E-state index contributed by atoms with van der Waals surface area (Å²) in [5.74, 6) is 1.16. The quantitative estimate of drug-likeness (QED) is 0.618. The number of aliphatic carboxylic acids is 1. The van der Waals surface area contributed by atoms with Crippen LogP contribution in [0.1, 0.15) is 12.8 Å². The minimum atomic E-state index is -1.10. The number of urea groups is 1. The molecule has 0 heterocycles. The third kappa shape index (κ3) is 3.96. The Bertz CT molecular complexity index is 333. The number of hydrogen-bond donors (Lipinski definition) is 2. The van der Waals surface area contributed by atoms with Crippen molar-refractivity contribution in [2.45, 2.75) is 18.9 Å². The van der Waals surface area contributed by atoms with Crippen LogP contribution in [-0.2, 0) is 4.79 Å². The number of amides is 2. The zero-order valence-corrected chi connectivity index (χ0v) is 9.50. The molecule has 1 aliphatic carbocycles. The van der Waals surface area contributed by atoms with Crippen LogP contribution in [0, 0.1) is 12.3 Å². The van der Waals surface area contributed by atoms with Crippen molar-refractivity contribution in [3.63, 3.8) is 0 Å². The second kappa shape index (κ2) is 6.11. The van der Waals surface area contributed by atoms with E-state index in [-0.39, 0.29) is 25.7 Å². The molecule has 1 rings (SSSR count). The monoisotopic (exact) mass is 240 g/mol. The topological polar surface area (TPSA) is 81.1 Å². The summed E-state index contributed by atoms with van der Waals surface area (Å²) >= 11 is 0. The highest BCUT2D eigenvalue weighted by Gasteiger charge is 2.34. The van der Waals surface area contributed by atoms with E-state index in [4.69, 9.17) is 16.6 Å². The molecule has 0 aromatic heterocycles. The van der Waals surface area contributed by atoms with Crippen molar-refractivity contribution < 1.29 is 19.8 Å². The number of nitrogens with zero attached hydrogens (tertiary/aromatic N) is 2. The van der Waals surface area contributed by atoms with Gasteiger partial charge in [0.1, 0.15) is 6.54 Å². The van der Waals surface area contributed by atoms with Gasteiger partial charge >= 0.3 is 12.0 Å². The lowest BCUT2D eigenvalue weighted by molar-refractivity contribution is -0.137. The molecule has 6 heteroatoms. The summed E-state index contributed by atoms with van der Waals surface area (Å²) in [5.41, 5.74) is 0. The van der Waals surface area contributed by atoms with Gasteiger partial charge in [0.15, 0.2) is 0 Å². The molecule has 6 nitrogen and oxygen atoms in total. The number of hydrogen-bond acceptors (Lipinski definition) is 3. The second-order valence-corrected chi connectivity index (χ2v) is 3.88. The van der Waals surface area contributed by atoms with Gasteiger partial charge in [-0.15, -0.1) is 6.42 Å². The third-order valence-electron chi connectivity index (χ3n) is 2.45. The molecule has 0 aliphatic heterocycles. The molecule has 0 spiro atoms. The molecule has 0 radical (unpaired) electrons. The molecule has 1 saturated carbocycles. The number of aliphatic hydroxyl groups is 1. The van der Waals surface area contributed by atoms with E-state index in [1.807, 2.05) is 0 Å². The summed E-state index contributed by atoms with van der Waals surface area (Å²) < 4.78 is 0. The summed E-state index contributed by atoms with van der Waals surface area (Å²) in [6, 6.07) is -0.300. The van der Waals surface area contributed by atoms with Crippen LogP contribution in [-0.4, -0.2) is 64.3 Å². The van der Waals surface area contributed by atoms with Crippen molar-refractivity contribution >= 4 is 12.0 Å². The molecule has 0 saturated heterocycles. The van der Waals surface area contributed by atoms with Gasteiger partial charge < -0.3 is 20.0 Å². The van der Waals surface area contributed by atoms with E-state index in [0.29, 0.717) is 0 Å². The van der Waals surface area contributed by atoms with Crippen LogP contribution in [0.3, 0.4) is 0 Å². The maximum absolute atomic E-state index is 12.0. The Morgan fingerprint density at radius 2 is 2.06 bits per heavy atom. The minimum Gasteiger partial charge on any atom is -0.480 e. The van der Waals surface area contributed by atoms with Crippen LogP contribution in [0.15, 0.2) is 0 Å². The van der Waals surface area contributed by atoms with Crippen LogP contribution in [0.2, 0.25) is 0 Å². The van der Waals surface area contributed by atoms with Gasteiger partial charge in [0.05, 0.1) is 13.2 Å². The third-order valence-corrected chi connectivity index (χ3v) is 2.45. The van der Waals surface area contributed by atoms with Crippen molar-refractivity contribution in [3.05, 3.63) is 0 Å². The average Bonchev–Trinajstić information content (AvgIpc) is 3.07. The Balaban J connectivity index is 2.66. The molecule has 17 heavy (non-hydrogen) atoms. The second-order valence-electron chi connectivity index (χ2n) is 3.88. The van der Waals surface area contributed by atoms with Crippen LogP contribution < -0.4 is 0 Å². The molecule has 94 valence electrons. The highest BCUT2D eigenvalue weighted by Crippen LogP contribution is 2.27. The molecular weight excluding hydrogens is 224 g/mol. The molecule has 0 aromatic carbocycles. The standard InChI is InChI=1S/C11H16N2O4/c1-2-5-12(8-10(15)16)11(17)13(6-7-14)9-3-4-9/h1,9,14H,3-8H2,(H,15,16). The van der Waals surface area contributed by atoms with Gasteiger partial charge in [0.25, 0.3) is 0 Å². The van der Waals surface area contributed by atoms with Crippen molar-refractivity contribution in [1.82, 2.24) is 9.80 Å². The van der Waals surface area contributed by atoms with Gasteiger partial charge in [-0.2, -0.15) is 0 Å². The number of carboxylic acids is 1. The highest BCUT2D eigenvalue weighted by molar-refractivity contribution is 5.80. The van der Waals surface area contributed by atoms with Crippen molar-refractivity contribution in [1.29, 1.82) is 0 Å². The maximum atomic E-state index is 12.0. The molecule has 1 aliphatic rings. The highest BCUT2D eigenvalue weighted by atomic mass is 16.4. The van der Waals surface area contributed by atoms with Crippen molar-refractivity contribution in [3.8, 4) is 12.3 Å². The fraction of sp³-hybridized carbons (Fsp3) is 0.636. The Morgan fingerprint density at radius 1 is 1.41 bits per heavy atom. The minimum absolute atomic E-state index is 0.0419. The van der Waals surface area contributed by atoms with E-state index in [1.165, 1.54) is 4.90 Å². The number of carbonyl (C=O) groups is 2. The van der Waals surface area contributed by atoms with E-state index in [0.717, 1.165) is 17.7 Å². The zero-order valence-electron chi connectivity index (χ0n) is 9.50. The summed E-state index contributed by atoms with van der Waals surface area (Å²) in [6.45, 7) is -0.388. The predicted molar refractivity (Wildman–Crippen MR) is 60.3 cm³/mol. The molecular formula is C11H16N2O4. The van der Waals surface area contributed by atoms with E-state index in [2.05, 4.69) is 5.92 Å². The zero-order chi connectivity index (χ0) is 12.8. The van der Waals surface area contributed by atoms with Crippen molar-refractivity contribution in [2.75, 3.05) is 26.2 Å². The number of carboxylic acid groups (broad SMARTS) is 1. The number of aliphatic hydroxyl groups excluding tert-OH is 1. The van der Waals surface area contributed by atoms with Gasteiger partial charge in [-0.3, -0.25) is 4.79 Å². The summed E-state index contributed by atoms with van der Waals surface area (Å²) in [7, 11) is 0. The van der Waals surface area contributed by atoms with Crippen LogP contribution in [0.5, 0.6) is 0 Å². The van der Waals surface area contributed by atoms with Gasteiger partial charge in [-0.1, -0.05) is 5.92 Å². The predicted octanol–water partition coefficient (Wildman–Crippen LogP) is -0.417. The number of rotatable bonds is 6. The van der Waals surface area contributed by atoms with Crippen LogP contribution in [0.4, 0.5) is 4.79 Å². The number of carbonyl (C=O) groups excluding carboxylic acids is 1. The lowest BCUT2D eigenvalue weighted by Gasteiger charge is -2.28. The fourth-order valence-corrected chi connectivity index (χ4v) is 1.57. The molecule has 1 fully saturated rings. The smallest absolute Gasteiger partial charge is 0.323 e. The first kappa shape index (κ1) is 13.3.